The minimum atomic E-state index is -3.95. The zero-order valence-electron chi connectivity index (χ0n) is 13.8. The van der Waals surface area contributed by atoms with Crippen LogP contribution in [0.15, 0.2) is 65.6 Å². The Morgan fingerprint density at radius 2 is 1.60 bits per heavy atom. The second kappa shape index (κ2) is 6.90. The molecule has 3 aromatic rings. The van der Waals surface area contributed by atoms with Crippen LogP contribution in [0.5, 0.6) is 5.88 Å². The highest BCUT2D eigenvalue weighted by Gasteiger charge is 2.18. The fourth-order valence-electron chi connectivity index (χ4n) is 2.15. The SMILES string of the molecule is Cc1ccc(S(=O)(=O)Oc2cc(C)nc(Nc3ccccc3)n2)cc1. The molecule has 0 spiro atoms. The maximum atomic E-state index is 12.4. The van der Waals surface area contributed by atoms with Crippen molar-refractivity contribution in [1.29, 1.82) is 0 Å². The van der Waals surface area contributed by atoms with Crippen molar-refractivity contribution in [3.05, 3.63) is 71.9 Å². The lowest BCUT2D eigenvalue weighted by Gasteiger charge is -2.10. The minimum Gasteiger partial charge on any atom is -0.358 e. The molecule has 0 bridgehead atoms. The summed E-state index contributed by atoms with van der Waals surface area (Å²) in [6.07, 6.45) is 0. The average molecular weight is 355 g/mol. The second-order valence-corrected chi connectivity index (χ2v) is 7.06. The first-order valence-electron chi connectivity index (χ1n) is 7.61. The van der Waals surface area contributed by atoms with Crippen molar-refractivity contribution in [3.63, 3.8) is 0 Å². The molecule has 0 atom stereocenters. The van der Waals surface area contributed by atoms with E-state index in [1.54, 1.807) is 19.1 Å². The molecule has 0 aliphatic carbocycles. The van der Waals surface area contributed by atoms with Crippen LogP contribution in [0.25, 0.3) is 0 Å². The van der Waals surface area contributed by atoms with Crippen molar-refractivity contribution < 1.29 is 12.6 Å². The normalized spacial score (nSPS) is 11.1. The summed E-state index contributed by atoms with van der Waals surface area (Å²) in [6, 6.07) is 17.3. The molecule has 0 saturated carbocycles. The van der Waals surface area contributed by atoms with Crippen molar-refractivity contribution in [2.45, 2.75) is 18.7 Å². The highest BCUT2D eigenvalue weighted by molar-refractivity contribution is 7.87. The van der Waals surface area contributed by atoms with E-state index in [1.165, 1.54) is 18.2 Å². The lowest BCUT2D eigenvalue weighted by molar-refractivity contribution is 0.475. The van der Waals surface area contributed by atoms with Crippen molar-refractivity contribution in [1.82, 2.24) is 9.97 Å². The maximum absolute atomic E-state index is 12.4. The van der Waals surface area contributed by atoms with E-state index < -0.39 is 10.1 Å². The Morgan fingerprint density at radius 1 is 0.920 bits per heavy atom. The van der Waals surface area contributed by atoms with E-state index in [1.807, 2.05) is 37.3 Å². The predicted octanol–water partition coefficient (Wildman–Crippen LogP) is 3.60. The van der Waals surface area contributed by atoms with E-state index >= 15 is 0 Å². The van der Waals surface area contributed by atoms with Gasteiger partial charge < -0.3 is 9.50 Å². The molecule has 25 heavy (non-hydrogen) atoms. The summed E-state index contributed by atoms with van der Waals surface area (Å²) in [7, 11) is -3.95. The number of aromatic nitrogens is 2. The van der Waals surface area contributed by atoms with Gasteiger partial charge in [0.15, 0.2) is 0 Å². The van der Waals surface area contributed by atoms with Gasteiger partial charge in [0.2, 0.25) is 11.8 Å². The summed E-state index contributed by atoms with van der Waals surface area (Å²) in [4.78, 5) is 8.46. The number of anilines is 2. The molecule has 0 saturated heterocycles. The van der Waals surface area contributed by atoms with Crippen LogP contribution < -0.4 is 9.50 Å². The Hall–Kier alpha value is -2.93. The zero-order valence-corrected chi connectivity index (χ0v) is 14.6. The van der Waals surface area contributed by atoms with Crippen LogP contribution in [0.3, 0.4) is 0 Å². The Bertz CT molecular complexity index is 972. The summed E-state index contributed by atoms with van der Waals surface area (Å²) in [6.45, 7) is 3.62. The third kappa shape index (κ3) is 4.33. The van der Waals surface area contributed by atoms with Gasteiger partial charge >= 0.3 is 10.1 Å². The van der Waals surface area contributed by atoms with E-state index in [9.17, 15) is 8.42 Å². The van der Waals surface area contributed by atoms with Gasteiger partial charge in [0.1, 0.15) is 4.90 Å². The number of para-hydroxylation sites is 1. The smallest absolute Gasteiger partial charge is 0.340 e. The lowest BCUT2D eigenvalue weighted by Crippen LogP contribution is -2.11. The third-order valence-corrected chi connectivity index (χ3v) is 4.61. The van der Waals surface area contributed by atoms with E-state index in [0.29, 0.717) is 5.69 Å². The van der Waals surface area contributed by atoms with Crippen molar-refractivity contribution >= 4 is 21.8 Å². The number of hydrogen-bond acceptors (Lipinski definition) is 6. The molecule has 6 nitrogen and oxygen atoms in total. The first-order chi connectivity index (χ1) is 11.9. The Morgan fingerprint density at radius 3 is 2.28 bits per heavy atom. The zero-order chi connectivity index (χ0) is 17.9. The van der Waals surface area contributed by atoms with Crippen molar-refractivity contribution in [2.24, 2.45) is 0 Å². The molecule has 1 aromatic heterocycles. The second-order valence-electron chi connectivity index (χ2n) is 5.51. The number of rotatable bonds is 5. The van der Waals surface area contributed by atoms with Gasteiger partial charge in [-0.05, 0) is 38.1 Å². The molecule has 128 valence electrons. The molecule has 0 fully saturated rings. The fraction of sp³-hybridized carbons (Fsp3) is 0.111. The van der Waals surface area contributed by atoms with Crippen LogP contribution in [0.4, 0.5) is 11.6 Å². The van der Waals surface area contributed by atoms with Crippen LogP contribution in [-0.4, -0.2) is 18.4 Å². The number of nitrogens with zero attached hydrogens (tertiary/aromatic N) is 2. The van der Waals surface area contributed by atoms with Crippen LogP contribution in [-0.2, 0) is 10.1 Å². The van der Waals surface area contributed by atoms with Gasteiger partial charge in [-0.2, -0.15) is 13.4 Å². The van der Waals surface area contributed by atoms with Crippen LogP contribution >= 0.6 is 0 Å². The van der Waals surface area contributed by atoms with Crippen LogP contribution in [0.2, 0.25) is 0 Å². The quantitative estimate of drug-likeness (QED) is 0.704. The molecule has 3 rings (SSSR count). The van der Waals surface area contributed by atoms with E-state index in [-0.39, 0.29) is 16.7 Å². The summed E-state index contributed by atoms with van der Waals surface area (Å²) in [5.74, 6) is 0.229. The first-order valence-corrected chi connectivity index (χ1v) is 9.02. The van der Waals surface area contributed by atoms with E-state index in [4.69, 9.17) is 4.18 Å². The van der Waals surface area contributed by atoms with Gasteiger partial charge in [0.05, 0.1) is 0 Å². The first kappa shape index (κ1) is 16.9. The number of benzene rings is 2. The molecule has 0 unspecified atom stereocenters. The summed E-state index contributed by atoms with van der Waals surface area (Å²) < 4.78 is 29.9. The molecule has 0 radical (unpaired) electrons. The molecular formula is C18H17N3O3S. The molecule has 1 N–H and O–H groups in total. The lowest BCUT2D eigenvalue weighted by atomic mass is 10.2. The van der Waals surface area contributed by atoms with Crippen LogP contribution in [0, 0.1) is 13.8 Å². The van der Waals surface area contributed by atoms with Gasteiger partial charge in [-0.3, -0.25) is 0 Å². The highest BCUT2D eigenvalue weighted by atomic mass is 32.2. The monoisotopic (exact) mass is 355 g/mol. The van der Waals surface area contributed by atoms with Crippen molar-refractivity contribution in [2.75, 3.05) is 5.32 Å². The number of hydrogen-bond donors (Lipinski definition) is 1. The Kier molecular flexibility index (Phi) is 4.67. The topological polar surface area (TPSA) is 81.2 Å². The molecule has 1 heterocycles. The molecule has 0 amide bonds. The molecule has 0 aliphatic heterocycles. The highest BCUT2D eigenvalue weighted by Crippen LogP contribution is 2.20. The van der Waals surface area contributed by atoms with Gasteiger partial charge in [-0.25, -0.2) is 4.98 Å². The van der Waals surface area contributed by atoms with E-state index in [0.717, 1.165) is 11.3 Å². The van der Waals surface area contributed by atoms with Gasteiger partial charge in [0, 0.05) is 17.4 Å². The summed E-state index contributed by atoms with van der Waals surface area (Å²) in [5, 5.41) is 3.02. The van der Waals surface area contributed by atoms with Gasteiger partial charge in [-0.1, -0.05) is 35.9 Å². The molecule has 2 aromatic carbocycles. The predicted molar refractivity (Wildman–Crippen MR) is 95.5 cm³/mol. The number of aryl methyl sites for hydroxylation is 2. The summed E-state index contributed by atoms with van der Waals surface area (Å²) in [5.41, 5.74) is 2.34. The van der Waals surface area contributed by atoms with E-state index in [2.05, 4.69) is 15.3 Å². The number of nitrogens with one attached hydrogen (secondary N) is 1. The molecular weight excluding hydrogens is 338 g/mol. The summed E-state index contributed by atoms with van der Waals surface area (Å²) >= 11 is 0. The largest absolute Gasteiger partial charge is 0.358 e. The molecule has 0 aliphatic rings. The molecule has 7 heteroatoms. The van der Waals surface area contributed by atoms with Gasteiger partial charge in [-0.15, -0.1) is 0 Å². The van der Waals surface area contributed by atoms with Gasteiger partial charge in [0.25, 0.3) is 0 Å². The Labute approximate surface area is 146 Å². The maximum Gasteiger partial charge on any atom is 0.340 e. The van der Waals surface area contributed by atoms with Crippen LogP contribution in [0.1, 0.15) is 11.3 Å². The van der Waals surface area contributed by atoms with Crippen molar-refractivity contribution in [3.8, 4) is 5.88 Å². The third-order valence-electron chi connectivity index (χ3n) is 3.37. The standard InChI is InChI=1S/C18H17N3O3S/c1-13-8-10-16(11-9-13)25(22,23)24-17-12-14(2)19-18(21-17)20-15-6-4-3-5-7-15/h3-12H,1-2H3,(H,19,20,21). The minimum absolute atomic E-state index is 0.0356. The fourth-order valence-corrected chi connectivity index (χ4v) is 3.03. The average Bonchev–Trinajstić information content (AvgIpc) is 2.55. The Balaban J connectivity index is 1.86.